The summed E-state index contributed by atoms with van der Waals surface area (Å²) in [5, 5.41) is 2.14. The fourth-order valence-corrected chi connectivity index (χ4v) is 3.42. The number of nitrogen functional groups attached to an aromatic ring is 1. The zero-order valence-electron chi connectivity index (χ0n) is 15.5. The second kappa shape index (κ2) is 6.27. The fraction of sp³-hybridized carbons (Fsp3) is 0.0500. The van der Waals surface area contributed by atoms with Gasteiger partial charge in [0, 0.05) is 17.8 Å². The largest absolute Gasteiger partial charge is 0.495 e. The first kappa shape index (κ1) is 17.6. The highest BCUT2D eigenvalue weighted by molar-refractivity contribution is 6.23. The first-order valence-electron chi connectivity index (χ1n) is 8.79. The van der Waals surface area contributed by atoms with E-state index in [-0.39, 0.29) is 28.5 Å². The molecule has 30 heavy (non-hydrogen) atoms. The summed E-state index contributed by atoms with van der Waals surface area (Å²) >= 11 is 0. The number of rotatable bonds is 3. The zero-order chi connectivity index (χ0) is 21.0. The summed E-state index contributed by atoms with van der Waals surface area (Å²) < 4.78 is 12.2. The number of amides is 2. The predicted molar refractivity (Wildman–Crippen MR) is 106 cm³/mol. The molecular weight excluding hydrogens is 390 g/mol. The van der Waals surface area contributed by atoms with E-state index in [9.17, 15) is 14.4 Å². The molecule has 0 radical (unpaired) electrons. The van der Waals surface area contributed by atoms with Crippen LogP contribution >= 0.6 is 0 Å². The lowest BCUT2D eigenvalue weighted by Gasteiger charge is -2.15. The molecule has 10 heteroatoms. The predicted octanol–water partition coefficient (Wildman–Crippen LogP) is 1.52. The third-order valence-electron chi connectivity index (χ3n) is 4.78. The van der Waals surface area contributed by atoms with Gasteiger partial charge in [0.25, 0.3) is 17.4 Å². The molecule has 4 aromatic rings. The molecule has 0 saturated heterocycles. The maximum absolute atomic E-state index is 12.8. The fourth-order valence-electron chi connectivity index (χ4n) is 3.42. The number of nitrogens with two attached hydrogens (primary N) is 1. The zero-order valence-corrected chi connectivity index (χ0v) is 15.5. The minimum Gasteiger partial charge on any atom is -0.495 e. The third-order valence-corrected chi connectivity index (χ3v) is 4.78. The van der Waals surface area contributed by atoms with Crippen molar-refractivity contribution in [1.82, 2.24) is 19.9 Å². The summed E-state index contributed by atoms with van der Waals surface area (Å²) in [6.45, 7) is 0. The lowest BCUT2D eigenvalue weighted by molar-refractivity contribution is 0.0880. The van der Waals surface area contributed by atoms with E-state index in [1.54, 1.807) is 36.5 Å². The Morgan fingerprint density at radius 3 is 2.73 bits per heavy atom. The minimum atomic E-state index is -0.665. The van der Waals surface area contributed by atoms with Gasteiger partial charge < -0.3 is 14.9 Å². The summed E-state index contributed by atoms with van der Waals surface area (Å²) in [6.07, 6.45) is 1.60. The van der Waals surface area contributed by atoms with Crippen molar-refractivity contribution in [1.29, 1.82) is 0 Å². The van der Waals surface area contributed by atoms with E-state index in [0.717, 1.165) is 10.6 Å². The minimum absolute atomic E-state index is 0.0566. The van der Waals surface area contributed by atoms with Crippen molar-refractivity contribution in [3.05, 3.63) is 64.1 Å². The monoisotopic (exact) mass is 403 g/mol. The molecular formula is C20H13N5O5. The Labute approximate surface area is 167 Å². The smallest absolute Gasteiger partial charge is 0.262 e. The molecule has 0 unspecified atom stereocenters. The van der Waals surface area contributed by atoms with Crippen molar-refractivity contribution < 1.29 is 18.7 Å². The van der Waals surface area contributed by atoms with Gasteiger partial charge in [-0.1, -0.05) is 0 Å². The number of carbonyl (C=O) groups excluding carboxylic acids is 2. The first-order chi connectivity index (χ1) is 14.5. The Bertz CT molecular complexity index is 1400. The number of anilines is 1. The number of aromatic nitrogens is 3. The molecule has 0 spiro atoms. The molecule has 10 nitrogen and oxygen atoms in total. The maximum Gasteiger partial charge on any atom is 0.262 e. The number of imide groups is 1. The first-order valence-corrected chi connectivity index (χ1v) is 8.79. The van der Waals surface area contributed by atoms with Crippen LogP contribution in [0.4, 0.5) is 5.82 Å². The highest BCUT2D eigenvalue weighted by Gasteiger charge is 2.32. The van der Waals surface area contributed by atoms with E-state index >= 15 is 0 Å². The van der Waals surface area contributed by atoms with E-state index in [1.807, 2.05) is 0 Å². The molecule has 4 heterocycles. The van der Waals surface area contributed by atoms with Crippen LogP contribution in [0.5, 0.6) is 5.75 Å². The Balaban J connectivity index is 1.75. The van der Waals surface area contributed by atoms with Crippen LogP contribution in [0.15, 0.2) is 51.8 Å². The Morgan fingerprint density at radius 1 is 1.13 bits per heavy atom. The van der Waals surface area contributed by atoms with Gasteiger partial charge in [-0.2, -0.15) is 4.98 Å². The van der Waals surface area contributed by atoms with Gasteiger partial charge in [0.2, 0.25) is 5.89 Å². The molecule has 3 N–H and O–H groups in total. The molecule has 0 atom stereocenters. The quantitative estimate of drug-likeness (QED) is 0.490. The van der Waals surface area contributed by atoms with E-state index in [4.69, 9.17) is 14.9 Å². The number of hydrogen-bond acceptors (Lipinski definition) is 8. The van der Waals surface area contributed by atoms with E-state index in [2.05, 4.69) is 15.3 Å². The lowest BCUT2D eigenvalue weighted by Crippen LogP contribution is -2.24. The number of ether oxygens (including phenoxy) is 1. The van der Waals surface area contributed by atoms with Crippen LogP contribution in [0, 0.1) is 0 Å². The molecule has 148 valence electrons. The van der Waals surface area contributed by atoms with Crippen LogP contribution in [-0.4, -0.2) is 33.5 Å². The van der Waals surface area contributed by atoms with Crippen LogP contribution in [0.25, 0.3) is 28.4 Å². The van der Waals surface area contributed by atoms with Crippen molar-refractivity contribution in [2.45, 2.75) is 0 Å². The molecule has 2 amide bonds. The molecule has 1 aliphatic heterocycles. The number of pyridine rings is 2. The van der Waals surface area contributed by atoms with Gasteiger partial charge in [0.05, 0.1) is 23.9 Å². The number of oxazole rings is 1. The molecule has 0 saturated carbocycles. The molecule has 0 fully saturated rings. The average Bonchev–Trinajstić information content (AvgIpc) is 3.28. The Kier molecular flexibility index (Phi) is 3.68. The normalized spacial score (nSPS) is 12.8. The van der Waals surface area contributed by atoms with Crippen LogP contribution in [0.1, 0.15) is 20.7 Å². The Hall–Kier alpha value is -4.47. The standard InChI is InChI=1S/C20H13N5O5/c1-29-12-5-4-9(20-23-17-13(30-20)3-2-6-22-17)7-11(12)25-14(26)8-10-15(16(25)21)19(28)24-18(10)27/h2-8H,21H2,1H3,(H,24,27,28). The van der Waals surface area contributed by atoms with Gasteiger partial charge in [-0.25, -0.2) is 4.98 Å². The summed E-state index contributed by atoms with van der Waals surface area (Å²) in [5.74, 6) is -0.887. The summed E-state index contributed by atoms with van der Waals surface area (Å²) in [4.78, 5) is 45.3. The third kappa shape index (κ3) is 2.47. The van der Waals surface area contributed by atoms with Crippen LogP contribution in [0.3, 0.4) is 0 Å². The molecule has 1 aliphatic rings. The van der Waals surface area contributed by atoms with Gasteiger partial charge in [0.15, 0.2) is 11.2 Å². The number of methoxy groups -OCH3 is 1. The van der Waals surface area contributed by atoms with Crippen LogP contribution in [-0.2, 0) is 0 Å². The van der Waals surface area contributed by atoms with Crippen molar-refractivity contribution >= 4 is 28.9 Å². The van der Waals surface area contributed by atoms with Crippen molar-refractivity contribution in [3.8, 4) is 22.9 Å². The van der Waals surface area contributed by atoms with Gasteiger partial charge in [0.1, 0.15) is 11.6 Å². The molecule has 0 bridgehead atoms. The molecule has 1 aromatic carbocycles. The van der Waals surface area contributed by atoms with E-state index in [1.165, 1.54) is 7.11 Å². The van der Waals surface area contributed by atoms with E-state index in [0.29, 0.717) is 22.5 Å². The van der Waals surface area contributed by atoms with Crippen molar-refractivity contribution in [2.75, 3.05) is 12.8 Å². The maximum atomic E-state index is 12.8. The summed E-state index contributed by atoms with van der Waals surface area (Å²) in [7, 11) is 1.44. The number of carbonyl (C=O) groups is 2. The number of nitrogens with one attached hydrogen (secondary N) is 1. The summed E-state index contributed by atoms with van der Waals surface area (Å²) in [6, 6.07) is 9.47. The van der Waals surface area contributed by atoms with Gasteiger partial charge >= 0.3 is 0 Å². The Morgan fingerprint density at radius 2 is 1.97 bits per heavy atom. The molecule has 3 aromatic heterocycles. The van der Waals surface area contributed by atoms with Crippen LogP contribution < -0.4 is 21.3 Å². The number of fused-ring (bicyclic) bond motifs is 2. The highest BCUT2D eigenvalue weighted by Crippen LogP contribution is 2.32. The number of nitrogens with zero attached hydrogens (tertiary/aromatic N) is 3. The average molecular weight is 403 g/mol. The van der Waals surface area contributed by atoms with Crippen molar-refractivity contribution in [2.24, 2.45) is 0 Å². The van der Waals surface area contributed by atoms with Crippen LogP contribution in [0.2, 0.25) is 0 Å². The topological polar surface area (TPSA) is 142 Å². The molecule has 0 aliphatic carbocycles. The molecule has 5 rings (SSSR count). The second-order valence-corrected chi connectivity index (χ2v) is 6.51. The van der Waals surface area contributed by atoms with Gasteiger partial charge in [-0.3, -0.25) is 24.3 Å². The SMILES string of the molecule is COc1ccc(-c2nc3ncccc3o2)cc1-n1c(N)c2c(cc1=O)C(=O)NC2=O. The lowest BCUT2D eigenvalue weighted by atomic mass is 10.1. The highest BCUT2D eigenvalue weighted by atomic mass is 16.5. The number of benzene rings is 1. The summed E-state index contributed by atoms with van der Waals surface area (Å²) in [5.41, 5.74) is 7.19. The van der Waals surface area contributed by atoms with E-state index < -0.39 is 17.4 Å². The van der Waals surface area contributed by atoms with Gasteiger partial charge in [-0.05, 0) is 30.3 Å². The number of hydrogen-bond donors (Lipinski definition) is 2. The van der Waals surface area contributed by atoms with Crippen molar-refractivity contribution in [3.63, 3.8) is 0 Å². The second-order valence-electron chi connectivity index (χ2n) is 6.51. The van der Waals surface area contributed by atoms with Gasteiger partial charge in [-0.15, -0.1) is 0 Å².